The number of methoxy groups -OCH3 is 3. The summed E-state index contributed by atoms with van der Waals surface area (Å²) in [5, 5.41) is 0. The van der Waals surface area contributed by atoms with Crippen LogP contribution in [0.5, 0.6) is 0 Å². The molecule has 14 heteroatoms. The van der Waals surface area contributed by atoms with Gasteiger partial charge in [0.15, 0.2) is 0 Å². The van der Waals surface area contributed by atoms with Gasteiger partial charge in [0.05, 0.1) is 19.8 Å². The number of carbonyl (C=O) groups is 3. The molecule has 0 saturated carbocycles. The molecule has 0 aliphatic heterocycles. The zero-order valence-corrected chi connectivity index (χ0v) is 23.1. The summed E-state index contributed by atoms with van der Waals surface area (Å²) in [7, 11) is 4.43. The van der Waals surface area contributed by atoms with Crippen LogP contribution in [0.15, 0.2) is 0 Å². The summed E-state index contributed by atoms with van der Waals surface area (Å²) < 4.78 is 26.1. The average molecular weight is 554 g/mol. The zero-order chi connectivity index (χ0) is 28.8. The van der Waals surface area contributed by atoms with Crippen LogP contribution < -0.4 is 17.7 Å². The summed E-state index contributed by atoms with van der Waals surface area (Å²) in [6, 6.07) is 0. The number of carbonyl (C=O) groups excluding carboxylic acids is 3. The van der Waals surface area contributed by atoms with Crippen LogP contribution in [0.4, 0.5) is 0 Å². The Morgan fingerprint density at radius 1 is 0.658 bits per heavy atom. The molecule has 0 aromatic carbocycles. The van der Waals surface area contributed by atoms with Gasteiger partial charge in [-0.05, 0) is 12.8 Å². The van der Waals surface area contributed by atoms with E-state index < -0.39 is 41.8 Å². The molecule has 14 nitrogen and oxygen atoms in total. The van der Waals surface area contributed by atoms with Crippen LogP contribution in [0.2, 0.25) is 0 Å². The van der Waals surface area contributed by atoms with Crippen molar-refractivity contribution in [2.45, 2.75) is 95.0 Å². The van der Waals surface area contributed by atoms with Gasteiger partial charge in [0, 0.05) is 53.9 Å². The lowest BCUT2D eigenvalue weighted by Gasteiger charge is -2.41. The lowest BCUT2D eigenvalue weighted by molar-refractivity contribution is -0.209. The molecule has 0 aliphatic carbocycles. The fourth-order valence-electron chi connectivity index (χ4n) is 4.13. The number of rotatable bonds is 24. The van der Waals surface area contributed by atoms with Gasteiger partial charge >= 0.3 is 17.9 Å². The highest BCUT2D eigenvalue weighted by molar-refractivity contribution is 5.83. The molecule has 0 saturated heterocycles. The number of ether oxygens (including phenoxy) is 5. The van der Waals surface area contributed by atoms with E-state index >= 15 is 0 Å². The molecule has 3 atom stereocenters. The maximum atomic E-state index is 13.0. The highest BCUT2D eigenvalue weighted by Crippen LogP contribution is 2.33. The fraction of sp³-hybridized carbons (Fsp3) is 0.875. The van der Waals surface area contributed by atoms with Crippen molar-refractivity contribution in [1.82, 2.24) is 0 Å². The molecule has 0 spiro atoms. The van der Waals surface area contributed by atoms with Gasteiger partial charge in [0.2, 0.25) is 0 Å². The highest BCUT2D eigenvalue weighted by atomic mass is 16.7. The average Bonchev–Trinajstić information content (AvgIpc) is 2.87. The van der Waals surface area contributed by atoms with Crippen molar-refractivity contribution in [3.05, 3.63) is 0 Å². The number of nitrogens with two attached hydrogens (primary N) is 3. The molecule has 0 aromatic heterocycles. The smallest absolute Gasteiger partial charge is 0.313 e. The Labute approximate surface area is 224 Å². The number of esters is 3. The summed E-state index contributed by atoms with van der Waals surface area (Å²) in [6.45, 7) is 1.43. The minimum Gasteiger partial charge on any atom is -0.456 e. The Balaban J connectivity index is 5.18. The van der Waals surface area contributed by atoms with Crippen LogP contribution in [0, 0.1) is 0 Å². The van der Waals surface area contributed by atoms with Crippen molar-refractivity contribution < 1.29 is 52.6 Å². The molecule has 0 aromatic rings. The number of unbranched alkanes of at least 4 members (excludes halogenated alkanes) is 5. The quantitative estimate of drug-likeness (QED) is 0.0660. The van der Waals surface area contributed by atoms with Crippen LogP contribution in [0.25, 0.3) is 0 Å². The molecule has 6 N–H and O–H groups in total. The van der Waals surface area contributed by atoms with Crippen LogP contribution in [-0.2, 0) is 52.6 Å². The molecule has 0 amide bonds. The maximum Gasteiger partial charge on any atom is 0.313 e. The van der Waals surface area contributed by atoms with Gasteiger partial charge in [-0.25, -0.2) is 17.7 Å². The predicted octanol–water partition coefficient (Wildman–Crippen LogP) is 0.975. The summed E-state index contributed by atoms with van der Waals surface area (Å²) in [6.07, 6.45) is 2.78. The topological polar surface area (TPSA) is 203 Å². The third-order valence-electron chi connectivity index (χ3n) is 5.89. The van der Waals surface area contributed by atoms with E-state index in [1.165, 1.54) is 28.3 Å². The highest BCUT2D eigenvalue weighted by Gasteiger charge is 2.47. The standard InChI is InChI=1S/C24H47N3O11/c1-18(28)34-22(29)11-9-7-5-6-8-10-12-23(30)35-24(21(38-27)17-33-4,13-19(36-25)15-31-2)14-20(37-26)16-32-3/h19-21H,5-17,25-27H2,1-4H3. The van der Waals surface area contributed by atoms with Gasteiger partial charge in [0.25, 0.3) is 0 Å². The maximum absolute atomic E-state index is 13.0. The van der Waals surface area contributed by atoms with Gasteiger partial charge in [-0.3, -0.25) is 28.9 Å². The second-order valence-electron chi connectivity index (χ2n) is 9.04. The van der Waals surface area contributed by atoms with Gasteiger partial charge in [-0.1, -0.05) is 25.7 Å². The van der Waals surface area contributed by atoms with E-state index in [-0.39, 0.29) is 45.5 Å². The molecular weight excluding hydrogens is 506 g/mol. The van der Waals surface area contributed by atoms with E-state index in [0.29, 0.717) is 12.8 Å². The van der Waals surface area contributed by atoms with Crippen molar-refractivity contribution >= 4 is 17.9 Å². The monoisotopic (exact) mass is 553 g/mol. The molecule has 3 unspecified atom stereocenters. The molecule has 0 fully saturated rings. The number of hydrogen-bond acceptors (Lipinski definition) is 14. The van der Waals surface area contributed by atoms with E-state index in [1.807, 2.05) is 0 Å². The van der Waals surface area contributed by atoms with Crippen molar-refractivity contribution in [2.75, 3.05) is 41.2 Å². The second kappa shape index (κ2) is 22.1. The Hall–Kier alpha value is -1.75. The van der Waals surface area contributed by atoms with E-state index in [0.717, 1.165) is 25.7 Å². The minimum absolute atomic E-state index is 0.00170. The van der Waals surface area contributed by atoms with Gasteiger partial charge in [-0.2, -0.15) is 0 Å². The van der Waals surface area contributed by atoms with Gasteiger partial charge in [-0.15, -0.1) is 0 Å². The van der Waals surface area contributed by atoms with Crippen molar-refractivity contribution in [1.29, 1.82) is 0 Å². The normalized spacial score (nSPS) is 15.3. The summed E-state index contributed by atoms with van der Waals surface area (Å²) in [5.74, 6) is 15.0. The van der Waals surface area contributed by atoms with Crippen LogP contribution >= 0.6 is 0 Å². The second-order valence-corrected chi connectivity index (χ2v) is 9.04. The van der Waals surface area contributed by atoms with Crippen LogP contribution in [0.1, 0.15) is 71.1 Å². The predicted molar refractivity (Wildman–Crippen MR) is 135 cm³/mol. The molecule has 0 aliphatic rings. The van der Waals surface area contributed by atoms with E-state index in [2.05, 4.69) is 4.74 Å². The molecule has 224 valence electrons. The summed E-state index contributed by atoms with van der Waals surface area (Å²) in [4.78, 5) is 50.4. The zero-order valence-electron chi connectivity index (χ0n) is 23.1. The number of hydrogen-bond donors (Lipinski definition) is 3. The molecule has 0 bridgehead atoms. The first kappa shape index (κ1) is 36.2. The SMILES string of the molecule is COCC(CC(CC(COC)ON)(OC(=O)CCCCCCCCC(=O)OC(C)=O)C(COC)ON)ON. The fourth-order valence-corrected chi connectivity index (χ4v) is 4.13. The first-order valence-corrected chi connectivity index (χ1v) is 12.7. The van der Waals surface area contributed by atoms with E-state index in [9.17, 15) is 14.4 Å². The lowest BCUT2D eigenvalue weighted by atomic mass is 9.84. The first-order valence-electron chi connectivity index (χ1n) is 12.7. The van der Waals surface area contributed by atoms with Crippen molar-refractivity contribution in [3.8, 4) is 0 Å². The lowest BCUT2D eigenvalue weighted by Crippen LogP contribution is -2.56. The van der Waals surface area contributed by atoms with Crippen LogP contribution in [-0.4, -0.2) is 83.0 Å². The molecule has 38 heavy (non-hydrogen) atoms. The largest absolute Gasteiger partial charge is 0.456 e. The Morgan fingerprint density at radius 2 is 1.11 bits per heavy atom. The third kappa shape index (κ3) is 15.6. The van der Waals surface area contributed by atoms with Crippen molar-refractivity contribution in [3.63, 3.8) is 0 Å². The first-order chi connectivity index (χ1) is 18.2. The molecule has 0 rings (SSSR count). The summed E-state index contributed by atoms with van der Waals surface area (Å²) in [5.41, 5.74) is -1.39. The van der Waals surface area contributed by atoms with Crippen LogP contribution in [0.3, 0.4) is 0 Å². The Kier molecular flexibility index (Phi) is 21.1. The van der Waals surface area contributed by atoms with Gasteiger partial charge in [0.1, 0.15) is 23.9 Å². The minimum atomic E-state index is -1.39. The molecular formula is C24H47N3O11. The molecule has 0 heterocycles. The Bertz CT molecular complexity index is 638. The molecule has 0 radical (unpaired) electrons. The van der Waals surface area contributed by atoms with E-state index in [4.69, 9.17) is 51.2 Å². The van der Waals surface area contributed by atoms with E-state index in [1.54, 1.807) is 0 Å². The Morgan fingerprint density at radius 3 is 1.50 bits per heavy atom. The van der Waals surface area contributed by atoms with Gasteiger partial charge < -0.3 is 23.7 Å². The summed E-state index contributed by atoms with van der Waals surface area (Å²) >= 11 is 0. The van der Waals surface area contributed by atoms with Crippen molar-refractivity contribution in [2.24, 2.45) is 17.7 Å². The third-order valence-corrected chi connectivity index (χ3v) is 5.89.